The fraction of sp³-hybridized carbons (Fsp3) is 0.125. The molecule has 0 unspecified atom stereocenters. The van der Waals surface area contributed by atoms with E-state index in [-0.39, 0.29) is 24.0 Å². The highest BCUT2D eigenvalue weighted by Crippen LogP contribution is 2.26. The maximum Gasteiger partial charge on any atom is 0.337 e. The third kappa shape index (κ3) is 5.97. The van der Waals surface area contributed by atoms with Crippen LogP contribution in [0.15, 0.2) is 71.1 Å². The predicted octanol–water partition coefficient (Wildman–Crippen LogP) is 4.39. The Morgan fingerprint density at radius 2 is 1.68 bits per heavy atom. The number of nitrogens with one attached hydrogen (secondary N) is 2. The molecule has 0 fully saturated rings. The van der Waals surface area contributed by atoms with Crippen LogP contribution in [0.25, 0.3) is 10.8 Å². The van der Waals surface area contributed by atoms with Gasteiger partial charge in [-0.1, -0.05) is 65.6 Å². The monoisotopic (exact) mass is 492 g/mol. The number of carbonyl (C=O) groups is 3. The van der Waals surface area contributed by atoms with Crippen molar-refractivity contribution < 1.29 is 19.1 Å². The number of benzene rings is 3. The summed E-state index contributed by atoms with van der Waals surface area (Å²) < 4.78 is 5.22. The zero-order valence-corrected chi connectivity index (χ0v) is 19.7. The molecule has 0 aliphatic carbocycles. The molecule has 4 rings (SSSR count). The lowest BCUT2D eigenvalue weighted by Crippen LogP contribution is -2.14. The average Bonchev–Trinajstić information content (AvgIpc) is 3.30. The average molecular weight is 493 g/mol. The van der Waals surface area contributed by atoms with Crippen molar-refractivity contribution in [3.05, 3.63) is 77.9 Å². The normalized spacial score (nSPS) is 10.6. The zero-order chi connectivity index (χ0) is 23.9. The van der Waals surface area contributed by atoms with Crippen LogP contribution in [0, 0.1) is 0 Å². The lowest BCUT2D eigenvalue weighted by molar-refractivity contribution is -0.115. The minimum absolute atomic E-state index is 0.122. The van der Waals surface area contributed by atoms with Crippen molar-refractivity contribution in [2.75, 3.05) is 23.5 Å². The van der Waals surface area contributed by atoms with E-state index in [1.807, 2.05) is 42.5 Å². The highest BCUT2D eigenvalue weighted by Gasteiger charge is 2.13. The van der Waals surface area contributed by atoms with Crippen LogP contribution in [0.4, 0.5) is 10.8 Å². The Labute approximate surface area is 203 Å². The van der Waals surface area contributed by atoms with Gasteiger partial charge in [0.2, 0.25) is 16.9 Å². The Balaban J connectivity index is 1.27. The second-order valence-electron chi connectivity index (χ2n) is 7.14. The van der Waals surface area contributed by atoms with E-state index in [4.69, 9.17) is 0 Å². The summed E-state index contributed by atoms with van der Waals surface area (Å²) >= 11 is 2.43. The second kappa shape index (κ2) is 10.9. The SMILES string of the molecule is COC(=O)c1ccc(NC(=O)CSc2nnc(NC(=O)Cc3cccc4ccccc34)s2)cc1. The van der Waals surface area contributed by atoms with Crippen molar-refractivity contribution in [2.45, 2.75) is 10.8 Å². The van der Waals surface area contributed by atoms with Crippen LogP contribution in [0.1, 0.15) is 15.9 Å². The van der Waals surface area contributed by atoms with Crippen molar-refractivity contribution in [1.82, 2.24) is 10.2 Å². The van der Waals surface area contributed by atoms with E-state index >= 15 is 0 Å². The molecule has 0 bridgehead atoms. The van der Waals surface area contributed by atoms with Gasteiger partial charge in [-0.15, -0.1) is 10.2 Å². The largest absolute Gasteiger partial charge is 0.465 e. The number of amides is 2. The number of hydrogen-bond acceptors (Lipinski definition) is 8. The molecule has 3 aromatic carbocycles. The smallest absolute Gasteiger partial charge is 0.337 e. The van der Waals surface area contributed by atoms with Crippen molar-refractivity contribution in [3.63, 3.8) is 0 Å². The van der Waals surface area contributed by atoms with Crippen LogP contribution < -0.4 is 10.6 Å². The van der Waals surface area contributed by atoms with Gasteiger partial charge in [0.15, 0.2) is 4.34 Å². The summed E-state index contributed by atoms with van der Waals surface area (Å²) in [7, 11) is 1.31. The minimum Gasteiger partial charge on any atom is -0.465 e. The first-order valence-electron chi connectivity index (χ1n) is 10.2. The zero-order valence-electron chi connectivity index (χ0n) is 18.1. The summed E-state index contributed by atoms with van der Waals surface area (Å²) in [5.41, 5.74) is 1.90. The van der Waals surface area contributed by atoms with Gasteiger partial charge < -0.3 is 15.4 Å². The van der Waals surface area contributed by atoms with Crippen LogP contribution in [0.3, 0.4) is 0 Å². The minimum atomic E-state index is -0.440. The first-order chi connectivity index (χ1) is 16.5. The van der Waals surface area contributed by atoms with E-state index in [1.54, 1.807) is 24.3 Å². The third-order valence-electron chi connectivity index (χ3n) is 4.80. The first-order valence-corrected chi connectivity index (χ1v) is 12.0. The number of methoxy groups -OCH3 is 1. The topological polar surface area (TPSA) is 110 Å². The Morgan fingerprint density at radius 3 is 2.47 bits per heavy atom. The molecule has 0 radical (unpaired) electrons. The maximum atomic E-state index is 12.5. The molecule has 0 aliphatic heterocycles. The molecular formula is C24H20N4O4S2. The van der Waals surface area contributed by atoms with Crippen LogP contribution in [0.5, 0.6) is 0 Å². The summed E-state index contributed by atoms with van der Waals surface area (Å²) in [5.74, 6) is -0.730. The molecule has 0 atom stereocenters. The molecule has 8 nitrogen and oxygen atoms in total. The highest BCUT2D eigenvalue weighted by atomic mass is 32.2. The molecule has 0 aliphatic rings. The van der Waals surface area contributed by atoms with Crippen LogP contribution in [0.2, 0.25) is 0 Å². The van der Waals surface area contributed by atoms with Gasteiger partial charge in [-0.2, -0.15) is 0 Å². The molecule has 0 saturated heterocycles. The van der Waals surface area contributed by atoms with Crippen LogP contribution >= 0.6 is 23.1 Å². The lowest BCUT2D eigenvalue weighted by atomic mass is 10.0. The van der Waals surface area contributed by atoms with Gasteiger partial charge in [-0.3, -0.25) is 9.59 Å². The summed E-state index contributed by atoms with van der Waals surface area (Å²) in [6, 6.07) is 20.2. The summed E-state index contributed by atoms with van der Waals surface area (Å²) in [5, 5.41) is 16.1. The number of nitrogens with zero attached hydrogens (tertiary/aromatic N) is 2. The molecule has 34 heavy (non-hydrogen) atoms. The number of fused-ring (bicyclic) bond motifs is 1. The number of esters is 1. The first kappa shape index (κ1) is 23.4. The molecule has 0 saturated carbocycles. The number of hydrogen-bond donors (Lipinski definition) is 2. The maximum absolute atomic E-state index is 12.5. The van der Waals surface area contributed by atoms with Gasteiger partial charge in [-0.05, 0) is 40.6 Å². The molecule has 2 amide bonds. The number of rotatable bonds is 8. The fourth-order valence-corrected chi connectivity index (χ4v) is 4.80. The van der Waals surface area contributed by atoms with E-state index in [1.165, 1.54) is 30.2 Å². The number of anilines is 2. The molecule has 2 N–H and O–H groups in total. The molecule has 0 spiro atoms. The molecule has 10 heteroatoms. The number of thioether (sulfide) groups is 1. The quantitative estimate of drug-likeness (QED) is 0.213. The molecule has 172 valence electrons. The van der Waals surface area contributed by atoms with E-state index in [0.717, 1.165) is 16.3 Å². The summed E-state index contributed by atoms with van der Waals surface area (Å²) in [6.45, 7) is 0. The standard InChI is InChI=1S/C24H20N4O4S2/c1-32-22(31)16-9-11-18(12-10-16)25-21(30)14-33-24-28-27-23(34-24)26-20(29)13-17-7-4-6-15-5-2-3-8-19(15)17/h2-12H,13-14H2,1H3,(H,25,30)(H,26,27,29). The third-order valence-corrected chi connectivity index (χ3v) is 6.77. The van der Waals surface area contributed by atoms with E-state index in [9.17, 15) is 14.4 Å². The Hall–Kier alpha value is -3.76. The molecular weight excluding hydrogens is 472 g/mol. The Bertz CT molecular complexity index is 1330. The lowest BCUT2D eigenvalue weighted by Gasteiger charge is -2.06. The van der Waals surface area contributed by atoms with Crippen LogP contribution in [-0.4, -0.2) is 40.8 Å². The Morgan fingerprint density at radius 1 is 0.912 bits per heavy atom. The summed E-state index contributed by atoms with van der Waals surface area (Å²) in [4.78, 5) is 36.2. The number of ether oxygens (including phenoxy) is 1. The van der Waals surface area contributed by atoms with E-state index in [0.29, 0.717) is 20.7 Å². The number of aromatic nitrogens is 2. The van der Waals surface area contributed by atoms with Crippen molar-refractivity contribution in [1.29, 1.82) is 0 Å². The molecule has 1 heterocycles. The van der Waals surface area contributed by atoms with Crippen molar-refractivity contribution >= 4 is 62.5 Å². The van der Waals surface area contributed by atoms with Gasteiger partial charge >= 0.3 is 5.97 Å². The number of carbonyl (C=O) groups excluding carboxylic acids is 3. The van der Waals surface area contributed by atoms with Gasteiger partial charge in [-0.25, -0.2) is 4.79 Å². The summed E-state index contributed by atoms with van der Waals surface area (Å²) in [6.07, 6.45) is 0.223. The van der Waals surface area contributed by atoms with E-state index < -0.39 is 5.97 Å². The predicted molar refractivity (Wildman–Crippen MR) is 133 cm³/mol. The van der Waals surface area contributed by atoms with Gasteiger partial charge in [0.05, 0.1) is 24.8 Å². The Kier molecular flexibility index (Phi) is 7.51. The van der Waals surface area contributed by atoms with Crippen LogP contribution in [-0.2, 0) is 20.7 Å². The van der Waals surface area contributed by atoms with Crippen molar-refractivity contribution in [2.24, 2.45) is 0 Å². The van der Waals surface area contributed by atoms with Gasteiger partial charge in [0.1, 0.15) is 0 Å². The highest BCUT2D eigenvalue weighted by molar-refractivity contribution is 8.01. The van der Waals surface area contributed by atoms with E-state index in [2.05, 4.69) is 25.6 Å². The van der Waals surface area contributed by atoms with Crippen molar-refractivity contribution in [3.8, 4) is 0 Å². The van der Waals surface area contributed by atoms with Gasteiger partial charge in [0.25, 0.3) is 0 Å². The van der Waals surface area contributed by atoms with Gasteiger partial charge in [0, 0.05) is 5.69 Å². The fourth-order valence-electron chi connectivity index (χ4n) is 3.23. The second-order valence-corrected chi connectivity index (χ2v) is 9.34. The molecule has 4 aromatic rings. The molecule has 1 aromatic heterocycles.